The first-order chi connectivity index (χ1) is 17.5. The van der Waals surface area contributed by atoms with Crippen LogP contribution in [0.2, 0.25) is 0 Å². The number of rotatable bonds is 8. The Hall–Kier alpha value is -3.59. The van der Waals surface area contributed by atoms with Gasteiger partial charge in [-0.2, -0.15) is 0 Å². The summed E-state index contributed by atoms with van der Waals surface area (Å²) in [4.78, 5) is 18.7. The number of ether oxygens (including phenoxy) is 1. The highest BCUT2D eigenvalue weighted by Gasteiger charge is 2.33. The Kier molecular flexibility index (Phi) is 7.09. The molecular formula is C27H31FN6O2. The molecule has 1 aliphatic carbocycles. The quantitative estimate of drug-likeness (QED) is 0.392. The second kappa shape index (κ2) is 10.6. The maximum absolute atomic E-state index is 13.5. The fourth-order valence-electron chi connectivity index (χ4n) is 5.18. The zero-order chi connectivity index (χ0) is 25.1. The number of hydrogen-bond donors (Lipinski definition) is 1. The van der Waals surface area contributed by atoms with Crippen molar-refractivity contribution in [1.29, 1.82) is 0 Å². The van der Waals surface area contributed by atoms with E-state index in [1.807, 2.05) is 31.2 Å². The van der Waals surface area contributed by atoms with Gasteiger partial charge in [-0.3, -0.25) is 9.69 Å². The van der Waals surface area contributed by atoms with Crippen LogP contribution in [0.1, 0.15) is 62.0 Å². The normalized spacial score (nSPS) is 15.4. The summed E-state index contributed by atoms with van der Waals surface area (Å²) in [7, 11) is 2.05. The summed E-state index contributed by atoms with van der Waals surface area (Å²) in [6.07, 6.45) is 5.68. The summed E-state index contributed by atoms with van der Waals surface area (Å²) < 4.78 is 20.8. The monoisotopic (exact) mass is 490 g/mol. The first-order valence-electron chi connectivity index (χ1n) is 12.6. The lowest BCUT2D eigenvalue weighted by molar-refractivity contribution is 0.149. The average Bonchev–Trinajstić information content (AvgIpc) is 3.34. The molecule has 0 amide bonds. The largest absolute Gasteiger partial charge is 0.494 e. The van der Waals surface area contributed by atoms with Gasteiger partial charge in [-0.1, -0.05) is 31.4 Å². The van der Waals surface area contributed by atoms with E-state index in [1.54, 1.807) is 16.8 Å². The van der Waals surface area contributed by atoms with Crippen LogP contribution in [-0.2, 0) is 6.54 Å². The van der Waals surface area contributed by atoms with Crippen molar-refractivity contribution in [3.05, 3.63) is 81.7 Å². The van der Waals surface area contributed by atoms with E-state index in [4.69, 9.17) is 4.74 Å². The molecule has 5 rings (SSSR count). The summed E-state index contributed by atoms with van der Waals surface area (Å²) in [5.74, 6) is 1.04. The Bertz CT molecular complexity index is 1380. The second-order valence-corrected chi connectivity index (χ2v) is 9.42. The minimum absolute atomic E-state index is 0.171. The first-order valence-corrected chi connectivity index (χ1v) is 12.6. The average molecular weight is 491 g/mol. The van der Waals surface area contributed by atoms with E-state index >= 15 is 0 Å². The van der Waals surface area contributed by atoms with Gasteiger partial charge in [-0.25, -0.2) is 9.07 Å². The van der Waals surface area contributed by atoms with Gasteiger partial charge in [-0.15, -0.1) is 5.10 Å². The van der Waals surface area contributed by atoms with E-state index in [1.165, 1.54) is 18.6 Å². The van der Waals surface area contributed by atoms with Crippen LogP contribution in [0, 0.1) is 5.82 Å². The van der Waals surface area contributed by atoms with Gasteiger partial charge >= 0.3 is 0 Å². The maximum atomic E-state index is 13.5. The third-order valence-corrected chi connectivity index (χ3v) is 7.06. The predicted molar refractivity (Wildman–Crippen MR) is 136 cm³/mol. The summed E-state index contributed by atoms with van der Waals surface area (Å²) in [5.41, 5.74) is 2.03. The molecule has 1 fully saturated rings. The Morgan fingerprint density at radius 2 is 1.92 bits per heavy atom. The van der Waals surface area contributed by atoms with E-state index < -0.39 is 6.04 Å². The molecule has 2 heterocycles. The molecule has 0 radical (unpaired) electrons. The maximum Gasteiger partial charge on any atom is 0.253 e. The molecule has 9 heteroatoms. The molecule has 8 nitrogen and oxygen atoms in total. The van der Waals surface area contributed by atoms with Gasteiger partial charge in [0.1, 0.15) is 17.6 Å². The summed E-state index contributed by atoms with van der Waals surface area (Å²) >= 11 is 0. The number of aromatic nitrogens is 5. The molecule has 0 saturated heterocycles. The van der Waals surface area contributed by atoms with Crippen LogP contribution in [0.3, 0.4) is 0 Å². The van der Waals surface area contributed by atoms with Crippen LogP contribution in [0.5, 0.6) is 5.75 Å². The highest BCUT2D eigenvalue weighted by Crippen LogP contribution is 2.32. The number of pyridine rings is 1. The van der Waals surface area contributed by atoms with Gasteiger partial charge < -0.3 is 9.72 Å². The molecule has 36 heavy (non-hydrogen) atoms. The van der Waals surface area contributed by atoms with E-state index in [9.17, 15) is 9.18 Å². The van der Waals surface area contributed by atoms with E-state index in [2.05, 4.69) is 32.5 Å². The SMILES string of the molecule is CCOc1ccc2[nH]c(=O)c([C@H](c3nnnn3Cc3ccc(F)cc3)N(C)C3CCCCC3)cc2c1. The Morgan fingerprint density at radius 3 is 2.67 bits per heavy atom. The zero-order valence-electron chi connectivity index (χ0n) is 20.7. The second-order valence-electron chi connectivity index (χ2n) is 9.42. The third kappa shape index (κ3) is 5.02. The van der Waals surface area contributed by atoms with Crippen molar-refractivity contribution in [1.82, 2.24) is 30.1 Å². The molecule has 1 N–H and O–H groups in total. The summed E-state index contributed by atoms with van der Waals surface area (Å²) in [6.45, 7) is 2.88. The number of nitrogens with one attached hydrogen (secondary N) is 1. The number of benzene rings is 2. The van der Waals surface area contributed by atoms with Gasteiger partial charge in [0.15, 0.2) is 5.82 Å². The number of H-pyrrole nitrogens is 1. The fourth-order valence-corrected chi connectivity index (χ4v) is 5.18. The Morgan fingerprint density at radius 1 is 1.14 bits per heavy atom. The standard InChI is InChI=1S/C27H31FN6O2/c1-3-36-22-13-14-24-19(15-22)16-23(27(35)29-24)25(33(2)21-7-5-4-6-8-21)26-30-31-32-34(26)17-18-9-11-20(28)12-10-18/h9-16,21,25H,3-8,17H2,1-2H3,(H,29,35)/t25-/m1/s1. The number of hydrogen-bond acceptors (Lipinski definition) is 6. The van der Waals surface area contributed by atoms with Crippen molar-refractivity contribution in [2.75, 3.05) is 13.7 Å². The van der Waals surface area contributed by atoms with Gasteiger partial charge in [0.2, 0.25) is 0 Å². The van der Waals surface area contributed by atoms with Gasteiger partial charge in [0.05, 0.1) is 13.2 Å². The molecule has 4 aromatic rings. The van der Waals surface area contributed by atoms with Crippen LogP contribution in [-0.4, -0.2) is 49.8 Å². The van der Waals surface area contributed by atoms with Crippen LogP contribution >= 0.6 is 0 Å². The lowest BCUT2D eigenvalue weighted by Gasteiger charge is -2.36. The Balaban J connectivity index is 1.60. The molecule has 1 aliphatic rings. The fraction of sp³-hybridized carbons (Fsp3) is 0.407. The van der Waals surface area contributed by atoms with Crippen LogP contribution in [0.15, 0.2) is 53.3 Å². The highest BCUT2D eigenvalue weighted by atomic mass is 19.1. The van der Waals surface area contributed by atoms with Crippen molar-refractivity contribution in [3.8, 4) is 5.75 Å². The molecule has 188 valence electrons. The van der Waals surface area contributed by atoms with Crippen molar-refractivity contribution < 1.29 is 9.13 Å². The van der Waals surface area contributed by atoms with E-state index in [0.717, 1.165) is 47.9 Å². The topological polar surface area (TPSA) is 88.9 Å². The summed E-state index contributed by atoms with van der Waals surface area (Å²) in [6, 6.07) is 13.7. The summed E-state index contributed by atoms with van der Waals surface area (Å²) in [5, 5.41) is 13.5. The predicted octanol–water partition coefficient (Wildman–Crippen LogP) is 4.45. The molecule has 2 aromatic heterocycles. The van der Waals surface area contributed by atoms with Gasteiger partial charge in [-0.05, 0) is 79.2 Å². The molecule has 2 aromatic carbocycles. The van der Waals surface area contributed by atoms with Crippen LogP contribution < -0.4 is 10.3 Å². The molecule has 1 saturated carbocycles. The van der Waals surface area contributed by atoms with E-state index in [0.29, 0.717) is 30.6 Å². The molecule has 0 bridgehead atoms. The highest BCUT2D eigenvalue weighted by molar-refractivity contribution is 5.80. The van der Waals surface area contributed by atoms with Crippen LogP contribution in [0.4, 0.5) is 4.39 Å². The van der Waals surface area contributed by atoms with Gasteiger partial charge in [0, 0.05) is 22.5 Å². The smallest absolute Gasteiger partial charge is 0.253 e. The number of nitrogens with zero attached hydrogens (tertiary/aromatic N) is 5. The zero-order valence-corrected chi connectivity index (χ0v) is 20.7. The van der Waals surface area contributed by atoms with Crippen molar-refractivity contribution in [3.63, 3.8) is 0 Å². The molecule has 0 unspecified atom stereocenters. The minimum Gasteiger partial charge on any atom is -0.494 e. The lowest BCUT2D eigenvalue weighted by Crippen LogP contribution is -2.40. The number of aromatic amines is 1. The van der Waals surface area contributed by atoms with Crippen molar-refractivity contribution in [2.45, 2.75) is 57.7 Å². The van der Waals surface area contributed by atoms with Gasteiger partial charge in [0.25, 0.3) is 5.56 Å². The molecule has 0 aliphatic heterocycles. The molecule has 0 spiro atoms. The number of halogens is 1. The number of tetrazole rings is 1. The lowest BCUT2D eigenvalue weighted by atomic mass is 9.92. The third-order valence-electron chi connectivity index (χ3n) is 7.06. The van der Waals surface area contributed by atoms with Crippen molar-refractivity contribution >= 4 is 10.9 Å². The number of fused-ring (bicyclic) bond motifs is 1. The minimum atomic E-state index is -0.451. The van der Waals surface area contributed by atoms with Crippen LogP contribution in [0.25, 0.3) is 10.9 Å². The van der Waals surface area contributed by atoms with E-state index in [-0.39, 0.29) is 11.4 Å². The first kappa shape index (κ1) is 24.1. The Labute approximate surface area is 209 Å². The molecular weight excluding hydrogens is 459 g/mol. The van der Waals surface area contributed by atoms with Crippen molar-refractivity contribution in [2.24, 2.45) is 0 Å². The molecule has 1 atom stereocenters.